The molecule has 0 atom stereocenters. The maximum Gasteiger partial charge on any atom is -0.0187 e. The van der Waals surface area contributed by atoms with Crippen molar-refractivity contribution in [3.63, 3.8) is 0 Å². The van der Waals surface area contributed by atoms with E-state index in [-0.39, 0.29) is 0 Å². The van der Waals surface area contributed by atoms with Crippen LogP contribution in [0.15, 0.2) is 96.2 Å². The molecular weight excluding hydrogens is 288 g/mol. The first-order valence-corrected chi connectivity index (χ1v) is 8.77. The lowest BCUT2D eigenvalue weighted by Gasteiger charge is -2.06. The van der Waals surface area contributed by atoms with Crippen LogP contribution in [0.2, 0.25) is 0 Å². The monoisotopic (exact) mass is 326 g/mol. The quantitative estimate of drug-likeness (QED) is 0.413. The Labute approximate surface area is 152 Å². The number of hydrogen-bond donors (Lipinski definition) is 0. The summed E-state index contributed by atoms with van der Waals surface area (Å²) >= 11 is 0. The second kappa shape index (κ2) is 19.0. The first kappa shape index (κ1) is 26.8. The lowest BCUT2D eigenvalue weighted by molar-refractivity contribution is 1.36. The van der Waals surface area contributed by atoms with E-state index >= 15 is 0 Å². The van der Waals surface area contributed by atoms with Crippen LogP contribution in [0.25, 0.3) is 0 Å². The molecule has 0 aliphatic heterocycles. The molecule has 0 fully saturated rings. The topological polar surface area (TPSA) is 0 Å². The second-order valence-electron chi connectivity index (χ2n) is 4.76. The molecule has 0 aromatic heterocycles. The summed E-state index contributed by atoms with van der Waals surface area (Å²) in [6.07, 6.45) is 15.8. The van der Waals surface area contributed by atoms with E-state index in [1.807, 2.05) is 52.8 Å². The molecule has 0 aromatic rings. The van der Waals surface area contributed by atoms with Gasteiger partial charge in [0.15, 0.2) is 0 Å². The number of hydrogen-bond acceptors (Lipinski definition) is 0. The summed E-state index contributed by atoms with van der Waals surface area (Å²) in [5.41, 5.74) is 5.57. The highest BCUT2D eigenvalue weighted by atomic mass is 14.0. The van der Waals surface area contributed by atoms with Crippen LogP contribution in [0.5, 0.6) is 0 Å². The minimum absolute atomic E-state index is 0.990. The SMILES string of the molecule is C=C\C=C/C(=C\C)C(/C=C)=C/C(=C)/C(C)=C/C=C(C)C.CC.CC. The van der Waals surface area contributed by atoms with E-state index in [0.717, 1.165) is 22.3 Å². The Balaban J connectivity index is -0.00000102. The standard InChI is InChI=1S/C20H26.2C2H6/c1-8-11-12-19(9-2)20(10-3)15-18(7)17(6)14-13-16(4)5;2*1-2/h8-15H,1,3,7H2,2,4-6H3;2*1-2H3/b12-11-,17-14+,19-9+,20-15+;;. The van der Waals surface area contributed by atoms with E-state index in [1.165, 1.54) is 5.57 Å². The highest BCUT2D eigenvalue weighted by Crippen LogP contribution is 2.18. The van der Waals surface area contributed by atoms with Gasteiger partial charge in [-0.15, -0.1) is 0 Å². The van der Waals surface area contributed by atoms with E-state index in [4.69, 9.17) is 0 Å². The Kier molecular flexibility index (Phi) is 21.2. The lowest BCUT2D eigenvalue weighted by atomic mass is 9.99. The maximum absolute atomic E-state index is 4.12. The van der Waals surface area contributed by atoms with Crippen molar-refractivity contribution in [2.45, 2.75) is 55.4 Å². The first-order chi connectivity index (χ1) is 11.5. The summed E-state index contributed by atoms with van der Waals surface area (Å²) in [7, 11) is 0. The molecular formula is C24H38. The van der Waals surface area contributed by atoms with E-state index in [1.54, 1.807) is 6.08 Å². The van der Waals surface area contributed by atoms with Crippen molar-refractivity contribution in [1.29, 1.82) is 0 Å². The fourth-order valence-corrected chi connectivity index (χ4v) is 1.49. The smallest absolute Gasteiger partial charge is 0.0187 e. The number of rotatable bonds is 7. The largest absolute Gasteiger partial charge is 0.0991 e. The van der Waals surface area contributed by atoms with E-state index in [0.29, 0.717) is 0 Å². The van der Waals surface area contributed by atoms with Crippen LogP contribution in [-0.4, -0.2) is 0 Å². The van der Waals surface area contributed by atoms with Gasteiger partial charge >= 0.3 is 0 Å². The van der Waals surface area contributed by atoms with Crippen LogP contribution in [0.1, 0.15) is 55.4 Å². The van der Waals surface area contributed by atoms with Gasteiger partial charge in [-0.3, -0.25) is 0 Å². The molecule has 0 aliphatic carbocycles. The molecule has 0 saturated heterocycles. The van der Waals surface area contributed by atoms with Gasteiger partial charge in [0.05, 0.1) is 0 Å². The Morgan fingerprint density at radius 3 is 1.75 bits per heavy atom. The zero-order valence-electron chi connectivity index (χ0n) is 17.2. The van der Waals surface area contributed by atoms with Crippen molar-refractivity contribution >= 4 is 0 Å². The average Bonchev–Trinajstić information content (AvgIpc) is 2.62. The fourth-order valence-electron chi connectivity index (χ4n) is 1.49. The molecule has 24 heavy (non-hydrogen) atoms. The Hall–Kier alpha value is -2.08. The predicted molar refractivity (Wildman–Crippen MR) is 116 cm³/mol. The summed E-state index contributed by atoms with van der Waals surface area (Å²) in [5.74, 6) is 0. The van der Waals surface area contributed by atoms with Gasteiger partial charge in [0.2, 0.25) is 0 Å². The van der Waals surface area contributed by atoms with Gasteiger partial charge in [-0.1, -0.05) is 95.5 Å². The Morgan fingerprint density at radius 1 is 0.833 bits per heavy atom. The minimum Gasteiger partial charge on any atom is -0.0991 e. The van der Waals surface area contributed by atoms with Crippen molar-refractivity contribution in [2.24, 2.45) is 0 Å². The van der Waals surface area contributed by atoms with Crippen molar-refractivity contribution in [3.05, 3.63) is 96.2 Å². The van der Waals surface area contributed by atoms with Crippen molar-refractivity contribution in [2.75, 3.05) is 0 Å². The zero-order valence-corrected chi connectivity index (χ0v) is 17.2. The molecule has 0 aliphatic rings. The first-order valence-electron chi connectivity index (χ1n) is 8.77. The summed E-state index contributed by atoms with van der Waals surface area (Å²) in [4.78, 5) is 0. The van der Waals surface area contributed by atoms with Gasteiger partial charge in [-0.25, -0.2) is 0 Å². The molecule has 0 heteroatoms. The van der Waals surface area contributed by atoms with Crippen LogP contribution in [-0.2, 0) is 0 Å². The van der Waals surface area contributed by atoms with Crippen LogP contribution in [0, 0.1) is 0 Å². The molecule has 0 aromatic carbocycles. The molecule has 0 saturated carbocycles. The molecule has 0 bridgehead atoms. The van der Waals surface area contributed by atoms with Gasteiger partial charge in [-0.2, -0.15) is 0 Å². The molecule has 0 spiro atoms. The Morgan fingerprint density at radius 2 is 1.38 bits per heavy atom. The third kappa shape index (κ3) is 13.6. The summed E-state index contributed by atoms with van der Waals surface area (Å²) in [5, 5.41) is 0. The molecule has 134 valence electrons. The van der Waals surface area contributed by atoms with Gasteiger partial charge in [0.1, 0.15) is 0 Å². The van der Waals surface area contributed by atoms with Gasteiger partial charge in [-0.05, 0) is 56.1 Å². The minimum atomic E-state index is 0.990. The molecule has 0 nitrogen and oxygen atoms in total. The van der Waals surface area contributed by atoms with Crippen LogP contribution >= 0.6 is 0 Å². The Bertz CT molecular complexity index is 510. The molecule has 0 amide bonds. The average molecular weight is 327 g/mol. The lowest BCUT2D eigenvalue weighted by Crippen LogP contribution is -1.86. The number of allylic oxidation sites excluding steroid dienone is 13. The van der Waals surface area contributed by atoms with Gasteiger partial charge in [0, 0.05) is 0 Å². The third-order valence-corrected chi connectivity index (χ3v) is 2.78. The normalized spacial score (nSPS) is 11.6. The highest BCUT2D eigenvalue weighted by molar-refractivity contribution is 5.52. The van der Waals surface area contributed by atoms with Crippen LogP contribution in [0.4, 0.5) is 0 Å². The highest BCUT2D eigenvalue weighted by Gasteiger charge is 1.99. The van der Waals surface area contributed by atoms with Gasteiger partial charge in [0.25, 0.3) is 0 Å². The van der Waals surface area contributed by atoms with Crippen molar-refractivity contribution in [3.8, 4) is 0 Å². The fraction of sp³-hybridized carbons (Fsp3) is 0.333. The summed E-state index contributed by atoms with van der Waals surface area (Å²) < 4.78 is 0. The van der Waals surface area contributed by atoms with Crippen molar-refractivity contribution in [1.82, 2.24) is 0 Å². The molecule has 0 rings (SSSR count). The summed E-state index contributed by atoms with van der Waals surface area (Å²) in [6.45, 7) is 27.9. The zero-order chi connectivity index (χ0) is 19.5. The molecule has 0 N–H and O–H groups in total. The van der Waals surface area contributed by atoms with Crippen LogP contribution in [0.3, 0.4) is 0 Å². The molecule has 0 unspecified atom stereocenters. The van der Waals surface area contributed by atoms with Crippen LogP contribution < -0.4 is 0 Å². The summed E-state index contributed by atoms with van der Waals surface area (Å²) in [6, 6.07) is 0. The molecule has 0 radical (unpaired) electrons. The molecule has 0 heterocycles. The van der Waals surface area contributed by atoms with Crippen molar-refractivity contribution < 1.29 is 0 Å². The maximum atomic E-state index is 4.12. The third-order valence-electron chi connectivity index (χ3n) is 2.78. The van der Waals surface area contributed by atoms with E-state index in [2.05, 4.69) is 64.8 Å². The second-order valence-corrected chi connectivity index (χ2v) is 4.76. The van der Waals surface area contributed by atoms with Gasteiger partial charge < -0.3 is 0 Å². The van der Waals surface area contributed by atoms with E-state index in [9.17, 15) is 0 Å². The predicted octanol–water partition coefficient (Wildman–Crippen LogP) is 8.31. The van der Waals surface area contributed by atoms with E-state index < -0.39 is 0 Å².